The average molecular weight is 575 g/mol. The number of fused-ring (bicyclic) bond motifs is 1. The molecule has 1 saturated carbocycles. The molecule has 12 heteroatoms. The molecule has 11 nitrogen and oxygen atoms in total. The van der Waals surface area contributed by atoms with Crippen molar-refractivity contribution in [1.29, 1.82) is 5.26 Å². The fraction of sp³-hybridized carbons (Fsp3) is 0.414. The number of carbonyl (C=O) groups excluding carboxylic acids is 1. The zero-order valence-electron chi connectivity index (χ0n) is 23.9. The number of aromatic nitrogens is 3. The molecule has 1 amide bonds. The summed E-state index contributed by atoms with van der Waals surface area (Å²) in [6.45, 7) is 6.70. The fourth-order valence-electron chi connectivity index (χ4n) is 4.69. The van der Waals surface area contributed by atoms with Gasteiger partial charge in [0.05, 0.1) is 6.20 Å². The third-order valence-electron chi connectivity index (χ3n) is 6.50. The Kier molecular flexibility index (Phi) is 7.57. The highest BCUT2D eigenvalue weighted by Crippen LogP contribution is 2.45. The highest BCUT2D eigenvalue weighted by atomic mass is 32.2. The number of nitriles is 1. The predicted octanol–water partition coefficient (Wildman–Crippen LogP) is 5.76. The second-order valence-corrected chi connectivity index (χ2v) is 14.1. The van der Waals surface area contributed by atoms with Gasteiger partial charge < -0.3 is 20.3 Å². The monoisotopic (exact) mass is 574 g/mol. The number of hydrogen-bond acceptors (Lipinski definition) is 10. The number of carbonyl (C=O) groups is 1. The molecule has 1 fully saturated rings. The van der Waals surface area contributed by atoms with Gasteiger partial charge in [0.25, 0.3) is 0 Å². The molecule has 1 aliphatic heterocycles. The predicted molar refractivity (Wildman–Crippen MR) is 158 cm³/mol. The minimum absolute atomic E-state index is 0.242. The van der Waals surface area contributed by atoms with Crippen LogP contribution in [0.4, 0.5) is 33.9 Å². The van der Waals surface area contributed by atoms with Crippen LogP contribution in [0.25, 0.3) is 0 Å². The molecule has 41 heavy (non-hydrogen) atoms. The zero-order chi connectivity index (χ0) is 29.4. The Hall–Kier alpha value is -4.24. The molecule has 2 aromatic heterocycles. The quantitative estimate of drug-likeness (QED) is 0.375. The van der Waals surface area contributed by atoms with Gasteiger partial charge in [-0.15, -0.1) is 0 Å². The molecule has 3 aromatic rings. The summed E-state index contributed by atoms with van der Waals surface area (Å²) < 4.78 is 21.8. The summed E-state index contributed by atoms with van der Waals surface area (Å²) in [5.74, 6) is 1.82. The Morgan fingerprint density at radius 1 is 1.20 bits per heavy atom. The van der Waals surface area contributed by atoms with Crippen molar-refractivity contribution in [2.45, 2.75) is 58.1 Å². The van der Waals surface area contributed by atoms with Crippen LogP contribution in [0.5, 0.6) is 0 Å². The molecule has 2 N–H and O–H groups in total. The van der Waals surface area contributed by atoms with Crippen LogP contribution < -0.4 is 10.6 Å². The molecule has 0 spiro atoms. The van der Waals surface area contributed by atoms with Crippen LogP contribution in [0, 0.1) is 11.3 Å². The normalized spacial score (nSPS) is 15.0. The standard InChI is InChI=1S/C29H34N8O3S/c1-29(2,3)40-28(38)37-12-11-22-19(17-37)13-21(14-23(22)18-9-10-18)32-27-31-16-20(15-30)26(35-27)34-24-7-6-8-25(33-24)36-41(4,5)39/h6-8,13-14,16,18H,9-12,17H2,1-5H3,(H2,31,32,33,34,35). The van der Waals surface area contributed by atoms with Crippen LogP contribution >= 0.6 is 0 Å². The van der Waals surface area contributed by atoms with Gasteiger partial charge in [-0.1, -0.05) is 6.07 Å². The van der Waals surface area contributed by atoms with Gasteiger partial charge in [0.1, 0.15) is 23.1 Å². The first-order valence-corrected chi connectivity index (χ1v) is 15.8. The van der Waals surface area contributed by atoms with E-state index in [-0.39, 0.29) is 17.5 Å². The molecule has 5 rings (SSSR count). The van der Waals surface area contributed by atoms with Crippen molar-refractivity contribution in [3.8, 4) is 6.07 Å². The molecule has 0 saturated heterocycles. The van der Waals surface area contributed by atoms with E-state index in [0.717, 1.165) is 30.5 Å². The maximum absolute atomic E-state index is 12.8. The lowest BCUT2D eigenvalue weighted by Gasteiger charge is -2.32. The van der Waals surface area contributed by atoms with Crippen molar-refractivity contribution in [3.05, 3.63) is 58.8 Å². The highest BCUT2D eigenvalue weighted by molar-refractivity contribution is 7.92. The number of amides is 1. The van der Waals surface area contributed by atoms with Crippen molar-refractivity contribution in [1.82, 2.24) is 19.9 Å². The third-order valence-corrected chi connectivity index (χ3v) is 7.12. The SMILES string of the molecule is CC(C)(C)OC(=O)N1CCc2c(cc(Nc3ncc(C#N)c(Nc4cccc(N=S(C)(C)=O)n4)n3)cc2C2CC2)C1. The summed E-state index contributed by atoms with van der Waals surface area (Å²) in [5, 5.41) is 16.0. The van der Waals surface area contributed by atoms with Crippen LogP contribution in [-0.4, -0.2) is 54.8 Å². The third kappa shape index (κ3) is 7.29. The lowest BCUT2D eigenvalue weighted by molar-refractivity contribution is 0.0223. The second-order valence-electron chi connectivity index (χ2n) is 11.6. The number of benzene rings is 1. The zero-order valence-corrected chi connectivity index (χ0v) is 24.7. The van der Waals surface area contributed by atoms with Gasteiger partial charge in [0.2, 0.25) is 5.95 Å². The lowest BCUT2D eigenvalue weighted by atomic mass is 9.91. The van der Waals surface area contributed by atoms with E-state index < -0.39 is 15.3 Å². The summed E-state index contributed by atoms with van der Waals surface area (Å²) in [4.78, 5) is 27.8. The summed E-state index contributed by atoms with van der Waals surface area (Å²) in [5.41, 5.74) is 4.18. The van der Waals surface area contributed by atoms with E-state index in [1.165, 1.54) is 29.8 Å². The first-order valence-electron chi connectivity index (χ1n) is 13.5. The van der Waals surface area contributed by atoms with Gasteiger partial charge in [0.15, 0.2) is 11.6 Å². The first-order chi connectivity index (χ1) is 19.4. The van der Waals surface area contributed by atoms with Gasteiger partial charge in [-0.25, -0.2) is 19.0 Å². The van der Waals surface area contributed by atoms with Crippen LogP contribution in [0.1, 0.15) is 61.8 Å². The molecule has 1 aliphatic carbocycles. The second kappa shape index (κ2) is 11.0. The number of ether oxygens (including phenoxy) is 1. The van der Waals surface area contributed by atoms with E-state index in [1.807, 2.05) is 26.8 Å². The minimum atomic E-state index is -2.38. The van der Waals surface area contributed by atoms with Crippen LogP contribution in [-0.2, 0) is 27.4 Å². The molecule has 0 bridgehead atoms. The first kappa shape index (κ1) is 28.3. The number of rotatable bonds is 6. The van der Waals surface area contributed by atoms with Gasteiger partial charge in [-0.2, -0.15) is 14.6 Å². The van der Waals surface area contributed by atoms with Crippen LogP contribution in [0.2, 0.25) is 0 Å². The average Bonchev–Trinajstić information content (AvgIpc) is 3.72. The molecular formula is C29H34N8O3S. The summed E-state index contributed by atoms with van der Waals surface area (Å²) in [7, 11) is -2.38. The Bertz CT molecular complexity index is 1660. The van der Waals surface area contributed by atoms with Crippen molar-refractivity contribution in [2.24, 2.45) is 4.36 Å². The lowest BCUT2D eigenvalue weighted by Crippen LogP contribution is -2.40. The van der Waals surface area contributed by atoms with E-state index in [2.05, 4.69) is 42.1 Å². The Morgan fingerprint density at radius 3 is 2.66 bits per heavy atom. The molecule has 0 unspecified atom stereocenters. The topological polar surface area (TPSA) is 145 Å². The number of pyridine rings is 1. The molecule has 1 aromatic carbocycles. The summed E-state index contributed by atoms with van der Waals surface area (Å²) in [6, 6.07) is 11.4. The van der Waals surface area contributed by atoms with Gasteiger partial charge in [-0.05, 0) is 86.9 Å². The Balaban J connectivity index is 1.41. The largest absolute Gasteiger partial charge is 0.444 e. The van der Waals surface area contributed by atoms with Crippen LogP contribution in [0.15, 0.2) is 40.9 Å². The minimum Gasteiger partial charge on any atom is -0.444 e. The van der Waals surface area contributed by atoms with Crippen molar-refractivity contribution in [3.63, 3.8) is 0 Å². The smallest absolute Gasteiger partial charge is 0.410 e. The van der Waals surface area contributed by atoms with Crippen molar-refractivity contribution >= 4 is 44.9 Å². The summed E-state index contributed by atoms with van der Waals surface area (Å²) in [6.07, 6.45) is 7.29. The van der Waals surface area contributed by atoms with E-state index in [9.17, 15) is 14.3 Å². The number of anilines is 4. The molecule has 3 heterocycles. The maximum atomic E-state index is 12.8. The molecule has 0 atom stereocenters. The number of nitrogens with zero attached hydrogens (tertiary/aromatic N) is 6. The van der Waals surface area contributed by atoms with Crippen LogP contribution in [0.3, 0.4) is 0 Å². The number of hydrogen-bond donors (Lipinski definition) is 2. The van der Waals surface area contributed by atoms with Crippen molar-refractivity contribution in [2.75, 3.05) is 29.7 Å². The molecule has 0 radical (unpaired) electrons. The Morgan fingerprint density at radius 2 is 1.98 bits per heavy atom. The van der Waals surface area contributed by atoms with E-state index in [1.54, 1.807) is 23.1 Å². The number of nitrogens with one attached hydrogen (secondary N) is 2. The van der Waals surface area contributed by atoms with E-state index in [4.69, 9.17) is 4.74 Å². The Labute approximate surface area is 240 Å². The molecule has 214 valence electrons. The fourth-order valence-corrected chi connectivity index (χ4v) is 5.24. The summed E-state index contributed by atoms with van der Waals surface area (Å²) >= 11 is 0. The molecular weight excluding hydrogens is 540 g/mol. The van der Waals surface area contributed by atoms with Gasteiger partial charge >= 0.3 is 6.09 Å². The van der Waals surface area contributed by atoms with Gasteiger partial charge in [0, 0.05) is 41.0 Å². The van der Waals surface area contributed by atoms with E-state index >= 15 is 0 Å². The van der Waals surface area contributed by atoms with E-state index in [0.29, 0.717) is 36.6 Å². The molecule has 2 aliphatic rings. The highest BCUT2D eigenvalue weighted by Gasteiger charge is 2.32. The van der Waals surface area contributed by atoms with Gasteiger partial charge in [-0.3, -0.25) is 0 Å². The van der Waals surface area contributed by atoms with Crippen molar-refractivity contribution < 1.29 is 13.7 Å². The maximum Gasteiger partial charge on any atom is 0.410 e.